The zero-order valence-corrected chi connectivity index (χ0v) is 15.6. The van der Waals surface area contributed by atoms with Crippen LogP contribution in [0.4, 0.5) is 0 Å². The van der Waals surface area contributed by atoms with Crippen LogP contribution in [0.5, 0.6) is 0 Å². The number of halogens is 1. The van der Waals surface area contributed by atoms with Crippen molar-refractivity contribution in [3.63, 3.8) is 0 Å². The fourth-order valence-corrected chi connectivity index (χ4v) is 3.04. The monoisotopic (exact) mass is 335 g/mol. The SMILES string of the molecule is CCCCCCCCCC[N+](C)(CCC)CCC.[Br-]. The van der Waals surface area contributed by atoms with E-state index in [-0.39, 0.29) is 17.0 Å². The van der Waals surface area contributed by atoms with E-state index in [4.69, 9.17) is 0 Å². The molecule has 0 bridgehead atoms. The van der Waals surface area contributed by atoms with Crippen molar-refractivity contribution in [3.05, 3.63) is 0 Å². The highest BCUT2D eigenvalue weighted by molar-refractivity contribution is 4.47. The second kappa shape index (κ2) is 14.8. The number of unbranched alkanes of at least 4 members (excludes halogenated alkanes) is 7. The molecule has 0 aliphatic heterocycles. The van der Waals surface area contributed by atoms with Crippen LogP contribution in [0.3, 0.4) is 0 Å². The Morgan fingerprint density at radius 2 is 0.947 bits per heavy atom. The molecule has 118 valence electrons. The standard InChI is InChI=1S/C17H38N.BrH/c1-5-8-9-10-11-12-13-14-17-18(4,15-6-2)16-7-3;/h5-17H2,1-4H3;1H/q+1;/p-1. The molecule has 0 amide bonds. The average molecular weight is 336 g/mol. The van der Waals surface area contributed by atoms with Crippen molar-refractivity contribution in [3.8, 4) is 0 Å². The smallest absolute Gasteiger partial charge is 0.0784 e. The fraction of sp³-hybridized carbons (Fsp3) is 1.00. The van der Waals surface area contributed by atoms with Crippen molar-refractivity contribution in [2.24, 2.45) is 0 Å². The number of nitrogens with zero attached hydrogens (tertiary/aromatic N) is 1. The van der Waals surface area contributed by atoms with E-state index in [1.165, 1.54) is 88.3 Å². The number of rotatable bonds is 13. The molecule has 0 aliphatic rings. The lowest BCUT2D eigenvalue weighted by atomic mass is 10.1. The van der Waals surface area contributed by atoms with Crippen LogP contribution in [0.2, 0.25) is 0 Å². The summed E-state index contributed by atoms with van der Waals surface area (Å²) < 4.78 is 1.31. The Bertz CT molecular complexity index is 165. The van der Waals surface area contributed by atoms with Crippen molar-refractivity contribution in [1.29, 1.82) is 0 Å². The Kier molecular flexibility index (Phi) is 17.0. The molecule has 0 unspecified atom stereocenters. The first-order valence-electron chi connectivity index (χ1n) is 8.52. The van der Waals surface area contributed by atoms with E-state index < -0.39 is 0 Å². The highest BCUT2D eigenvalue weighted by Gasteiger charge is 2.18. The van der Waals surface area contributed by atoms with Crippen molar-refractivity contribution in [2.75, 3.05) is 26.7 Å². The molecule has 0 aromatic heterocycles. The number of hydrogen-bond acceptors (Lipinski definition) is 0. The molecule has 0 saturated heterocycles. The zero-order valence-electron chi connectivity index (χ0n) is 14.0. The normalized spacial score (nSPS) is 11.4. The van der Waals surface area contributed by atoms with E-state index in [2.05, 4.69) is 27.8 Å². The highest BCUT2D eigenvalue weighted by Crippen LogP contribution is 2.12. The summed E-state index contributed by atoms with van der Waals surface area (Å²) in [6, 6.07) is 0. The molecule has 0 aromatic rings. The third-order valence-electron chi connectivity index (χ3n) is 4.08. The average Bonchev–Trinajstić information content (AvgIpc) is 2.33. The second-order valence-corrected chi connectivity index (χ2v) is 6.27. The third-order valence-corrected chi connectivity index (χ3v) is 4.08. The lowest BCUT2D eigenvalue weighted by Gasteiger charge is -2.34. The molecule has 0 fully saturated rings. The van der Waals surface area contributed by atoms with Gasteiger partial charge in [-0.1, -0.05) is 59.3 Å². The van der Waals surface area contributed by atoms with Crippen molar-refractivity contribution >= 4 is 0 Å². The summed E-state index contributed by atoms with van der Waals surface area (Å²) in [6.07, 6.45) is 14.2. The number of quaternary nitrogens is 1. The van der Waals surface area contributed by atoms with Crippen LogP contribution < -0.4 is 17.0 Å². The maximum Gasteiger partial charge on any atom is 0.0784 e. The van der Waals surface area contributed by atoms with Crippen molar-refractivity contribution in [2.45, 2.75) is 85.0 Å². The molecule has 0 N–H and O–H groups in total. The van der Waals surface area contributed by atoms with Gasteiger partial charge in [-0.2, -0.15) is 0 Å². The van der Waals surface area contributed by atoms with E-state index in [1.54, 1.807) is 0 Å². The first-order chi connectivity index (χ1) is 8.68. The van der Waals surface area contributed by atoms with E-state index >= 15 is 0 Å². The minimum absolute atomic E-state index is 0. The van der Waals surface area contributed by atoms with Crippen molar-refractivity contribution in [1.82, 2.24) is 0 Å². The largest absolute Gasteiger partial charge is 1.00 e. The van der Waals surface area contributed by atoms with Crippen LogP contribution in [0, 0.1) is 0 Å². The maximum atomic E-state index is 2.45. The van der Waals surface area contributed by atoms with Gasteiger partial charge in [0.2, 0.25) is 0 Å². The molecule has 2 heteroatoms. The van der Waals surface area contributed by atoms with Gasteiger partial charge in [0.1, 0.15) is 0 Å². The molecule has 1 nitrogen and oxygen atoms in total. The van der Waals surface area contributed by atoms with Gasteiger partial charge in [0, 0.05) is 0 Å². The van der Waals surface area contributed by atoms with Gasteiger partial charge in [-0.3, -0.25) is 0 Å². The number of hydrogen-bond donors (Lipinski definition) is 0. The summed E-state index contributed by atoms with van der Waals surface area (Å²) >= 11 is 0. The van der Waals surface area contributed by atoms with Gasteiger partial charge in [0.25, 0.3) is 0 Å². The van der Waals surface area contributed by atoms with Crippen LogP contribution in [0.15, 0.2) is 0 Å². The first kappa shape index (κ1) is 21.7. The van der Waals surface area contributed by atoms with E-state index in [1.807, 2.05) is 0 Å². The Morgan fingerprint density at radius 3 is 1.37 bits per heavy atom. The van der Waals surface area contributed by atoms with Crippen molar-refractivity contribution < 1.29 is 21.5 Å². The quantitative estimate of drug-likeness (QED) is 0.358. The summed E-state index contributed by atoms with van der Waals surface area (Å²) in [5, 5.41) is 0. The fourth-order valence-electron chi connectivity index (χ4n) is 3.04. The molecular weight excluding hydrogens is 298 g/mol. The van der Waals surface area contributed by atoms with Gasteiger partial charge in [0.15, 0.2) is 0 Å². The Morgan fingerprint density at radius 1 is 0.526 bits per heavy atom. The van der Waals surface area contributed by atoms with Gasteiger partial charge >= 0.3 is 0 Å². The minimum atomic E-state index is 0. The Labute approximate surface area is 133 Å². The molecular formula is C17H38BrN. The summed E-state index contributed by atoms with van der Waals surface area (Å²) in [7, 11) is 2.45. The Hall–Kier alpha value is 0.440. The lowest BCUT2D eigenvalue weighted by Crippen LogP contribution is -3.00. The third kappa shape index (κ3) is 13.2. The van der Waals surface area contributed by atoms with Gasteiger partial charge in [-0.15, -0.1) is 0 Å². The van der Waals surface area contributed by atoms with Crippen LogP contribution in [-0.2, 0) is 0 Å². The Balaban J connectivity index is 0. The van der Waals surface area contributed by atoms with E-state index in [0.717, 1.165) is 0 Å². The molecule has 0 radical (unpaired) electrons. The van der Waals surface area contributed by atoms with Gasteiger partial charge < -0.3 is 21.5 Å². The molecule has 0 aromatic carbocycles. The van der Waals surface area contributed by atoms with Crippen LogP contribution in [-0.4, -0.2) is 31.2 Å². The highest BCUT2D eigenvalue weighted by atomic mass is 79.9. The van der Waals surface area contributed by atoms with Gasteiger partial charge in [-0.05, 0) is 25.7 Å². The maximum absolute atomic E-state index is 2.45. The first-order valence-corrected chi connectivity index (χ1v) is 8.52. The van der Waals surface area contributed by atoms with Gasteiger partial charge in [-0.25, -0.2) is 0 Å². The molecule has 0 aliphatic carbocycles. The van der Waals surface area contributed by atoms with Crippen LogP contribution >= 0.6 is 0 Å². The molecule has 0 heterocycles. The summed E-state index contributed by atoms with van der Waals surface area (Å²) in [4.78, 5) is 0. The van der Waals surface area contributed by atoms with Crippen LogP contribution in [0.25, 0.3) is 0 Å². The second-order valence-electron chi connectivity index (χ2n) is 6.27. The minimum Gasteiger partial charge on any atom is -1.00 e. The predicted octanol–water partition coefficient (Wildman–Crippen LogP) is 2.40. The summed E-state index contributed by atoms with van der Waals surface area (Å²) in [5.41, 5.74) is 0. The molecule has 0 saturated carbocycles. The van der Waals surface area contributed by atoms with E-state index in [0.29, 0.717) is 0 Å². The predicted molar refractivity (Wildman–Crippen MR) is 84.0 cm³/mol. The van der Waals surface area contributed by atoms with Crippen LogP contribution in [0.1, 0.15) is 85.0 Å². The lowest BCUT2D eigenvalue weighted by molar-refractivity contribution is -0.909. The molecule has 0 rings (SSSR count). The summed E-state index contributed by atoms with van der Waals surface area (Å²) in [6.45, 7) is 11.1. The molecule has 0 spiro atoms. The molecule has 0 atom stereocenters. The topological polar surface area (TPSA) is 0 Å². The zero-order chi connectivity index (χ0) is 13.7. The van der Waals surface area contributed by atoms with Gasteiger partial charge in [0.05, 0.1) is 26.7 Å². The molecule has 19 heavy (non-hydrogen) atoms. The van der Waals surface area contributed by atoms with E-state index in [9.17, 15) is 0 Å². The summed E-state index contributed by atoms with van der Waals surface area (Å²) in [5.74, 6) is 0.